The summed E-state index contributed by atoms with van der Waals surface area (Å²) in [5.41, 5.74) is 7.59. The van der Waals surface area contributed by atoms with Crippen LogP contribution in [0.3, 0.4) is 0 Å². The first-order valence-electron chi connectivity index (χ1n) is 8.16. The molecule has 0 spiro atoms. The highest BCUT2D eigenvalue weighted by atomic mass is 16.6. The van der Waals surface area contributed by atoms with E-state index in [0.717, 1.165) is 24.1 Å². The summed E-state index contributed by atoms with van der Waals surface area (Å²) in [7, 11) is 0. The molecule has 1 aromatic carbocycles. The van der Waals surface area contributed by atoms with E-state index in [1.165, 1.54) is 0 Å². The first-order valence-corrected chi connectivity index (χ1v) is 8.16. The molecule has 1 atom stereocenters. The van der Waals surface area contributed by atoms with Gasteiger partial charge in [0, 0.05) is 23.9 Å². The third kappa shape index (κ3) is 3.53. The Morgan fingerprint density at radius 3 is 2.88 bits per heavy atom. The normalized spacial score (nSPS) is 18.0. The van der Waals surface area contributed by atoms with Crippen molar-refractivity contribution in [2.45, 2.75) is 45.3 Å². The number of hydrogen-bond donors (Lipinski definition) is 1. The van der Waals surface area contributed by atoms with Crippen molar-refractivity contribution < 1.29 is 14.1 Å². The van der Waals surface area contributed by atoms with E-state index in [-0.39, 0.29) is 12.1 Å². The van der Waals surface area contributed by atoms with Crippen molar-refractivity contribution in [1.82, 2.24) is 10.1 Å². The van der Waals surface area contributed by atoms with Crippen molar-refractivity contribution in [2.75, 3.05) is 12.3 Å². The molecule has 0 aliphatic carbocycles. The van der Waals surface area contributed by atoms with Crippen molar-refractivity contribution in [3.8, 4) is 11.3 Å². The molecule has 1 aliphatic heterocycles. The van der Waals surface area contributed by atoms with Gasteiger partial charge in [-0.05, 0) is 45.7 Å². The second kappa shape index (κ2) is 6.19. The lowest BCUT2D eigenvalue weighted by Crippen LogP contribution is -2.36. The second-order valence-electron chi connectivity index (χ2n) is 7.07. The summed E-state index contributed by atoms with van der Waals surface area (Å²) < 4.78 is 11.0. The van der Waals surface area contributed by atoms with E-state index >= 15 is 0 Å². The fraction of sp³-hybridized carbons (Fsp3) is 0.444. The van der Waals surface area contributed by atoms with Gasteiger partial charge in [0.25, 0.3) is 0 Å². The number of anilines is 1. The molecule has 1 fully saturated rings. The fourth-order valence-corrected chi connectivity index (χ4v) is 2.89. The van der Waals surface area contributed by atoms with E-state index in [4.69, 9.17) is 15.0 Å². The first kappa shape index (κ1) is 16.4. The maximum Gasteiger partial charge on any atom is 0.410 e. The summed E-state index contributed by atoms with van der Waals surface area (Å²) in [6.45, 7) is 6.26. The number of nitrogens with two attached hydrogens (primary N) is 1. The molecule has 24 heavy (non-hydrogen) atoms. The van der Waals surface area contributed by atoms with Crippen LogP contribution in [0.25, 0.3) is 11.3 Å². The van der Waals surface area contributed by atoms with Crippen molar-refractivity contribution >= 4 is 11.8 Å². The molecule has 2 N–H and O–H groups in total. The molecule has 1 amide bonds. The van der Waals surface area contributed by atoms with Crippen LogP contribution in [-0.4, -0.2) is 28.3 Å². The average molecular weight is 329 g/mol. The highest BCUT2D eigenvalue weighted by Gasteiger charge is 2.35. The molecule has 0 radical (unpaired) electrons. The van der Waals surface area contributed by atoms with Crippen molar-refractivity contribution in [3.05, 3.63) is 36.0 Å². The van der Waals surface area contributed by atoms with Crippen LogP contribution in [0.4, 0.5) is 10.5 Å². The lowest BCUT2D eigenvalue weighted by Gasteiger charge is -2.27. The predicted octanol–water partition coefficient (Wildman–Crippen LogP) is 4.00. The number of amides is 1. The number of rotatable bonds is 2. The minimum atomic E-state index is -0.513. The zero-order chi connectivity index (χ0) is 17.3. The number of benzene rings is 1. The third-order valence-electron chi connectivity index (χ3n) is 3.92. The summed E-state index contributed by atoms with van der Waals surface area (Å²) in [4.78, 5) is 14.1. The van der Waals surface area contributed by atoms with Gasteiger partial charge in [0.15, 0.2) is 5.76 Å². The van der Waals surface area contributed by atoms with Crippen LogP contribution in [0.1, 0.15) is 45.3 Å². The molecule has 0 saturated carbocycles. The molecule has 128 valence electrons. The Balaban J connectivity index is 1.80. The van der Waals surface area contributed by atoms with Crippen LogP contribution in [0, 0.1) is 0 Å². The predicted molar refractivity (Wildman–Crippen MR) is 91.3 cm³/mol. The van der Waals surface area contributed by atoms with Gasteiger partial charge in [-0.25, -0.2) is 4.79 Å². The number of hydrogen-bond acceptors (Lipinski definition) is 5. The van der Waals surface area contributed by atoms with E-state index in [9.17, 15) is 4.79 Å². The zero-order valence-electron chi connectivity index (χ0n) is 14.3. The summed E-state index contributed by atoms with van der Waals surface area (Å²) >= 11 is 0. The van der Waals surface area contributed by atoms with Crippen molar-refractivity contribution in [3.63, 3.8) is 0 Å². The van der Waals surface area contributed by atoms with Gasteiger partial charge in [-0.2, -0.15) is 0 Å². The number of nitrogens with zero attached hydrogens (tertiary/aromatic N) is 2. The Morgan fingerprint density at radius 2 is 2.17 bits per heavy atom. The lowest BCUT2D eigenvalue weighted by molar-refractivity contribution is 0.0219. The Bertz CT molecular complexity index is 733. The van der Waals surface area contributed by atoms with Crippen LogP contribution in [-0.2, 0) is 4.74 Å². The number of aromatic nitrogens is 1. The second-order valence-corrected chi connectivity index (χ2v) is 7.07. The molecule has 2 heterocycles. The van der Waals surface area contributed by atoms with Gasteiger partial charge >= 0.3 is 6.09 Å². The topological polar surface area (TPSA) is 81.6 Å². The fourth-order valence-electron chi connectivity index (χ4n) is 2.89. The molecule has 3 rings (SSSR count). The summed E-state index contributed by atoms with van der Waals surface area (Å²) in [5.74, 6) is 0.647. The number of likely N-dealkylation sites (tertiary alicyclic amines) is 1. The van der Waals surface area contributed by atoms with Crippen molar-refractivity contribution in [2.24, 2.45) is 0 Å². The van der Waals surface area contributed by atoms with E-state index < -0.39 is 5.60 Å². The first-order chi connectivity index (χ1) is 11.3. The standard InChI is InChI=1S/C18H23N3O3/c1-18(2,3)23-17(22)21-9-5-8-15(21)14-11-16(24-20-14)12-6-4-7-13(19)10-12/h4,6-7,10-11,15H,5,8-9,19H2,1-3H3/t15-/m1/s1. The minimum absolute atomic E-state index is 0.113. The summed E-state index contributed by atoms with van der Waals surface area (Å²) in [6.07, 6.45) is 1.46. The Hall–Kier alpha value is -2.50. The SMILES string of the molecule is CC(C)(C)OC(=O)N1CCC[C@@H]1c1cc(-c2cccc(N)c2)on1. The van der Waals surface area contributed by atoms with Crippen LogP contribution < -0.4 is 5.73 Å². The molecule has 6 nitrogen and oxygen atoms in total. The molecular formula is C18H23N3O3. The van der Waals surface area contributed by atoms with E-state index in [1.807, 2.05) is 51.1 Å². The average Bonchev–Trinajstić information content (AvgIpc) is 3.14. The largest absolute Gasteiger partial charge is 0.444 e. The van der Waals surface area contributed by atoms with Gasteiger partial charge < -0.3 is 15.0 Å². The van der Waals surface area contributed by atoms with E-state index in [2.05, 4.69) is 5.16 Å². The summed E-state index contributed by atoms with van der Waals surface area (Å²) in [5, 5.41) is 4.17. The van der Waals surface area contributed by atoms with Gasteiger partial charge in [-0.1, -0.05) is 17.3 Å². The Morgan fingerprint density at radius 1 is 1.38 bits per heavy atom. The zero-order valence-corrected chi connectivity index (χ0v) is 14.3. The minimum Gasteiger partial charge on any atom is -0.444 e. The van der Waals surface area contributed by atoms with Crippen LogP contribution in [0.5, 0.6) is 0 Å². The molecule has 0 unspecified atom stereocenters. The number of carbonyl (C=O) groups is 1. The number of ether oxygens (including phenoxy) is 1. The quantitative estimate of drug-likeness (QED) is 0.842. The summed E-state index contributed by atoms with van der Waals surface area (Å²) in [6, 6.07) is 9.21. The molecule has 1 aliphatic rings. The maximum absolute atomic E-state index is 12.4. The van der Waals surface area contributed by atoms with E-state index in [1.54, 1.807) is 4.90 Å². The Labute approximate surface area is 141 Å². The van der Waals surface area contributed by atoms with Crippen LogP contribution in [0.2, 0.25) is 0 Å². The van der Waals surface area contributed by atoms with Gasteiger partial charge in [0.05, 0.1) is 6.04 Å². The van der Waals surface area contributed by atoms with Gasteiger partial charge in [-0.15, -0.1) is 0 Å². The third-order valence-corrected chi connectivity index (χ3v) is 3.92. The molecular weight excluding hydrogens is 306 g/mol. The van der Waals surface area contributed by atoms with Crippen LogP contribution in [0.15, 0.2) is 34.9 Å². The molecule has 1 aromatic heterocycles. The highest BCUT2D eigenvalue weighted by Crippen LogP contribution is 2.34. The molecule has 2 aromatic rings. The molecule has 6 heteroatoms. The van der Waals surface area contributed by atoms with E-state index in [0.29, 0.717) is 18.0 Å². The van der Waals surface area contributed by atoms with Crippen molar-refractivity contribution in [1.29, 1.82) is 0 Å². The van der Waals surface area contributed by atoms with Gasteiger partial charge in [0.2, 0.25) is 0 Å². The molecule has 0 bridgehead atoms. The van der Waals surface area contributed by atoms with Gasteiger partial charge in [0.1, 0.15) is 11.3 Å². The molecule has 1 saturated heterocycles. The smallest absolute Gasteiger partial charge is 0.410 e. The Kier molecular flexibility index (Phi) is 4.22. The van der Waals surface area contributed by atoms with Gasteiger partial charge in [-0.3, -0.25) is 4.90 Å². The lowest BCUT2D eigenvalue weighted by atomic mass is 10.1. The highest BCUT2D eigenvalue weighted by molar-refractivity contribution is 5.69. The van der Waals surface area contributed by atoms with Crippen LogP contribution >= 0.6 is 0 Å². The maximum atomic E-state index is 12.4. The number of carbonyl (C=O) groups excluding carboxylic acids is 1. The monoisotopic (exact) mass is 329 g/mol. The number of nitrogen functional groups attached to an aromatic ring is 1.